The summed E-state index contributed by atoms with van der Waals surface area (Å²) in [5.74, 6) is -0.416. The van der Waals surface area contributed by atoms with Crippen LogP contribution in [0.1, 0.15) is 38.4 Å². The van der Waals surface area contributed by atoms with Gasteiger partial charge in [-0.25, -0.2) is 4.98 Å². The highest BCUT2D eigenvalue weighted by atomic mass is 19.4. The van der Waals surface area contributed by atoms with Crippen LogP contribution < -0.4 is 5.32 Å². The van der Waals surface area contributed by atoms with Crippen LogP contribution in [-0.4, -0.2) is 21.8 Å². The van der Waals surface area contributed by atoms with Crippen molar-refractivity contribution in [2.24, 2.45) is 5.92 Å². The lowest BCUT2D eigenvalue weighted by atomic mass is 9.84. The fourth-order valence-electron chi connectivity index (χ4n) is 2.78. The van der Waals surface area contributed by atoms with E-state index in [9.17, 15) is 13.2 Å². The first-order valence-electron chi connectivity index (χ1n) is 6.82. The van der Waals surface area contributed by atoms with Gasteiger partial charge >= 0.3 is 6.18 Å². The second kappa shape index (κ2) is 5.94. The normalized spacial score (nSPS) is 24.6. The van der Waals surface area contributed by atoms with Crippen LogP contribution in [0.4, 0.5) is 13.2 Å². The van der Waals surface area contributed by atoms with Crippen molar-refractivity contribution >= 4 is 0 Å². The quantitative estimate of drug-likeness (QED) is 0.915. The number of imidazole rings is 1. The molecule has 1 aliphatic rings. The van der Waals surface area contributed by atoms with E-state index in [4.69, 9.17) is 0 Å². The summed E-state index contributed by atoms with van der Waals surface area (Å²) < 4.78 is 40.8. The highest BCUT2D eigenvalue weighted by molar-refractivity contribution is 4.94. The molecule has 2 rings (SSSR count). The molecule has 3 nitrogen and oxygen atoms in total. The lowest BCUT2D eigenvalue weighted by Crippen LogP contribution is -2.45. The standard InChI is InChI=1S/C13H20F3N3/c1-2-19-8-7-17-12(19)9-18-11-6-4-3-5-10(11)13(14,15)16/h7-8,10-11,18H,2-6,9H2,1H3. The second-order valence-electron chi connectivity index (χ2n) is 5.05. The van der Waals surface area contributed by atoms with Crippen molar-refractivity contribution in [1.82, 2.24) is 14.9 Å². The van der Waals surface area contributed by atoms with Crippen LogP contribution in [0.3, 0.4) is 0 Å². The third kappa shape index (κ3) is 3.49. The first kappa shape index (κ1) is 14.4. The summed E-state index contributed by atoms with van der Waals surface area (Å²) in [5.41, 5.74) is 0. The summed E-state index contributed by atoms with van der Waals surface area (Å²) in [7, 11) is 0. The average Bonchev–Trinajstić information content (AvgIpc) is 2.83. The highest BCUT2D eigenvalue weighted by Crippen LogP contribution is 2.37. The Hall–Kier alpha value is -1.04. The van der Waals surface area contributed by atoms with Gasteiger partial charge in [-0.2, -0.15) is 13.2 Å². The van der Waals surface area contributed by atoms with Crippen LogP contribution in [0.5, 0.6) is 0 Å². The summed E-state index contributed by atoms with van der Waals surface area (Å²) >= 11 is 0. The Morgan fingerprint density at radius 3 is 2.79 bits per heavy atom. The summed E-state index contributed by atoms with van der Waals surface area (Å²) in [5, 5.41) is 3.05. The molecule has 1 aromatic rings. The molecule has 0 spiro atoms. The number of hydrogen-bond donors (Lipinski definition) is 1. The molecular formula is C13H20F3N3. The Balaban J connectivity index is 1.97. The minimum atomic E-state index is -4.10. The molecule has 6 heteroatoms. The first-order valence-corrected chi connectivity index (χ1v) is 6.82. The fourth-order valence-corrected chi connectivity index (χ4v) is 2.78. The first-order chi connectivity index (χ1) is 9.02. The van der Waals surface area contributed by atoms with Crippen molar-refractivity contribution in [3.63, 3.8) is 0 Å². The maximum Gasteiger partial charge on any atom is 0.393 e. The number of aryl methyl sites for hydroxylation is 1. The molecule has 0 radical (unpaired) electrons. The molecule has 1 fully saturated rings. The van der Waals surface area contributed by atoms with E-state index in [1.54, 1.807) is 6.20 Å². The number of halogens is 3. The Labute approximate surface area is 111 Å². The van der Waals surface area contributed by atoms with Crippen LogP contribution >= 0.6 is 0 Å². The van der Waals surface area contributed by atoms with E-state index in [0.29, 0.717) is 19.4 Å². The van der Waals surface area contributed by atoms with E-state index in [2.05, 4.69) is 10.3 Å². The van der Waals surface area contributed by atoms with Crippen molar-refractivity contribution in [1.29, 1.82) is 0 Å². The molecule has 2 atom stereocenters. The molecule has 1 aliphatic carbocycles. The van der Waals surface area contributed by atoms with Gasteiger partial charge in [-0.1, -0.05) is 12.8 Å². The molecule has 108 valence electrons. The van der Waals surface area contributed by atoms with Crippen LogP contribution in [-0.2, 0) is 13.1 Å². The van der Waals surface area contributed by atoms with Gasteiger partial charge in [-0.3, -0.25) is 0 Å². The number of hydrogen-bond acceptors (Lipinski definition) is 2. The summed E-state index contributed by atoms with van der Waals surface area (Å²) in [4.78, 5) is 4.18. The maximum atomic E-state index is 12.9. The van der Waals surface area contributed by atoms with E-state index in [-0.39, 0.29) is 6.42 Å². The molecule has 1 N–H and O–H groups in total. The average molecular weight is 275 g/mol. The summed E-state index contributed by atoms with van der Waals surface area (Å²) in [6, 6.07) is -0.476. The van der Waals surface area contributed by atoms with Crippen molar-refractivity contribution < 1.29 is 13.2 Å². The zero-order valence-corrected chi connectivity index (χ0v) is 11.1. The zero-order chi connectivity index (χ0) is 13.9. The lowest BCUT2D eigenvalue weighted by molar-refractivity contribution is -0.189. The maximum absolute atomic E-state index is 12.9. The molecule has 0 aliphatic heterocycles. The molecule has 0 amide bonds. The molecule has 0 saturated heterocycles. The lowest BCUT2D eigenvalue weighted by Gasteiger charge is -2.33. The predicted octanol–water partition coefficient (Wildman–Crippen LogP) is 3.11. The number of alkyl halides is 3. The van der Waals surface area contributed by atoms with Gasteiger partial charge in [0, 0.05) is 25.0 Å². The fraction of sp³-hybridized carbons (Fsp3) is 0.769. The summed E-state index contributed by atoms with van der Waals surface area (Å²) in [6.07, 6.45) is 1.80. The van der Waals surface area contributed by atoms with Gasteiger partial charge in [-0.05, 0) is 19.8 Å². The Morgan fingerprint density at radius 2 is 2.11 bits per heavy atom. The SMILES string of the molecule is CCn1ccnc1CNC1CCCCC1C(F)(F)F. The minimum absolute atomic E-state index is 0.239. The van der Waals surface area contributed by atoms with Gasteiger partial charge in [-0.15, -0.1) is 0 Å². The van der Waals surface area contributed by atoms with Gasteiger partial charge in [0.05, 0.1) is 12.5 Å². The Bertz CT molecular complexity index is 400. The second-order valence-corrected chi connectivity index (χ2v) is 5.05. The summed E-state index contributed by atoms with van der Waals surface area (Å²) in [6.45, 7) is 3.17. The van der Waals surface area contributed by atoms with Gasteiger partial charge in [0.2, 0.25) is 0 Å². The third-order valence-electron chi connectivity index (χ3n) is 3.85. The van der Waals surface area contributed by atoms with Gasteiger partial charge in [0.1, 0.15) is 5.82 Å². The third-order valence-corrected chi connectivity index (χ3v) is 3.85. The molecule has 0 aromatic carbocycles. The van der Waals surface area contributed by atoms with Gasteiger partial charge in [0.25, 0.3) is 0 Å². The Morgan fingerprint density at radius 1 is 1.37 bits per heavy atom. The minimum Gasteiger partial charge on any atom is -0.334 e. The predicted molar refractivity (Wildman–Crippen MR) is 66.5 cm³/mol. The number of nitrogens with zero attached hydrogens (tertiary/aromatic N) is 2. The van der Waals surface area contributed by atoms with E-state index in [0.717, 1.165) is 18.8 Å². The van der Waals surface area contributed by atoms with Crippen LogP contribution in [0, 0.1) is 5.92 Å². The van der Waals surface area contributed by atoms with E-state index in [1.807, 2.05) is 17.7 Å². The topological polar surface area (TPSA) is 29.9 Å². The molecule has 1 heterocycles. The van der Waals surface area contributed by atoms with Crippen molar-refractivity contribution in [3.05, 3.63) is 18.2 Å². The van der Waals surface area contributed by atoms with Gasteiger partial charge in [0.15, 0.2) is 0 Å². The smallest absolute Gasteiger partial charge is 0.334 e. The number of aromatic nitrogens is 2. The van der Waals surface area contributed by atoms with E-state index >= 15 is 0 Å². The van der Waals surface area contributed by atoms with E-state index < -0.39 is 18.1 Å². The number of nitrogens with one attached hydrogen (secondary N) is 1. The molecule has 1 saturated carbocycles. The van der Waals surface area contributed by atoms with Crippen LogP contribution in [0.15, 0.2) is 12.4 Å². The number of rotatable bonds is 4. The largest absolute Gasteiger partial charge is 0.393 e. The van der Waals surface area contributed by atoms with Crippen LogP contribution in [0.2, 0.25) is 0 Å². The monoisotopic (exact) mass is 275 g/mol. The van der Waals surface area contributed by atoms with Crippen molar-refractivity contribution in [3.8, 4) is 0 Å². The van der Waals surface area contributed by atoms with Crippen molar-refractivity contribution in [2.75, 3.05) is 0 Å². The Kier molecular flexibility index (Phi) is 4.50. The van der Waals surface area contributed by atoms with Gasteiger partial charge < -0.3 is 9.88 Å². The molecule has 0 bridgehead atoms. The van der Waals surface area contributed by atoms with E-state index in [1.165, 1.54) is 0 Å². The molecular weight excluding hydrogens is 255 g/mol. The highest BCUT2D eigenvalue weighted by Gasteiger charge is 2.45. The molecule has 19 heavy (non-hydrogen) atoms. The van der Waals surface area contributed by atoms with Crippen molar-refractivity contribution in [2.45, 2.75) is 57.9 Å². The van der Waals surface area contributed by atoms with Crippen LogP contribution in [0.25, 0.3) is 0 Å². The zero-order valence-electron chi connectivity index (χ0n) is 11.1. The molecule has 1 aromatic heterocycles. The molecule has 2 unspecified atom stereocenters.